The number of hydrogen-bond acceptors (Lipinski definition) is 3. The number of benzene rings is 1. The molecule has 0 unspecified atom stereocenters. The molecule has 19 heavy (non-hydrogen) atoms. The highest BCUT2D eigenvalue weighted by Gasteiger charge is 2.14. The number of methoxy groups -OCH3 is 1. The van der Waals surface area contributed by atoms with E-state index in [4.69, 9.17) is 21.1 Å². The fourth-order valence-electron chi connectivity index (χ4n) is 1.99. The first kappa shape index (κ1) is 16.1. The highest BCUT2D eigenvalue weighted by molar-refractivity contribution is 6.30. The lowest BCUT2D eigenvalue weighted by Crippen LogP contribution is -2.13. The molecule has 0 aliphatic carbocycles. The average Bonchev–Trinajstić information content (AvgIpc) is 2.41. The summed E-state index contributed by atoms with van der Waals surface area (Å²) >= 11 is 6.09. The summed E-state index contributed by atoms with van der Waals surface area (Å²) in [6.07, 6.45) is 2.24. The van der Waals surface area contributed by atoms with E-state index in [2.05, 4.69) is 19.2 Å². The van der Waals surface area contributed by atoms with Crippen LogP contribution < -0.4 is 14.8 Å². The van der Waals surface area contributed by atoms with E-state index in [0.717, 1.165) is 24.2 Å². The van der Waals surface area contributed by atoms with E-state index in [1.54, 1.807) is 13.2 Å². The normalized spacial score (nSPS) is 10.8. The number of halogens is 1. The van der Waals surface area contributed by atoms with Crippen LogP contribution >= 0.6 is 11.6 Å². The zero-order valence-corrected chi connectivity index (χ0v) is 13.0. The van der Waals surface area contributed by atoms with E-state index < -0.39 is 0 Å². The predicted molar refractivity (Wildman–Crippen MR) is 80.3 cm³/mol. The first-order valence-corrected chi connectivity index (χ1v) is 7.17. The van der Waals surface area contributed by atoms with Crippen molar-refractivity contribution in [2.75, 3.05) is 20.8 Å². The van der Waals surface area contributed by atoms with Gasteiger partial charge in [-0.3, -0.25) is 0 Å². The Kier molecular flexibility index (Phi) is 7.03. The highest BCUT2D eigenvalue weighted by Crippen LogP contribution is 2.35. The van der Waals surface area contributed by atoms with E-state index in [1.165, 1.54) is 0 Å². The van der Waals surface area contributed by atoms with Gasteiger partial charge in [-0.15, -0.1) is 0 Å². The third-order valence-electron chi connectivity index (χ3n) is 3.30. The molecule has 0 aliphatic heterocycles. The lowest BCUT2D eigenvalue weighted by atomic mass is 10.1. The minimum absolute atomic E-state index is 0.572. The number of rotatable bonds is 8. The van der Waals surface area contributed by atoms with Crippen molar-refractivity contribution in [1.82, 2.24) is 5.32 Å². The zero-order chi connectivity index (χ0) is 14.3. The topological polar surface area (TPSA) is 30.5 Å². The Morgan fingerprint density at radius 1 is 1.26 bits per heavy atom. The molecule has 0 spiro atoms. The Bertz CT molecular complexity index is 392. The van der Waals surface area contributed by atoms with Gasteiger partial charge in [-0.05, 0) is 19.0 Å². The lowest BCUT2D eigenvalue weighted by molar-refractivity contribution is 0.228. The van der Waals surface area contributed by atoms with Gasteiger partial charge in [0, 0.05) is 23.2 Å². The first-order chi connectivity index (χ1) is 9.15. The van der Waals surface area contributed by atoms with Crippen molar-refractivity contribution in [3.05, 3.63) is 22.7 Å². The summed E-state index contributed by atoms with van der Waals surface area (Å²) in [5.41, 5.74) is 1.03. The van der Waals surface area contributed by atoms with Crippen LogP contribution in [-0.4, -0.2) is 20.8 Å². The van der Waals surface area contributed by atoms with Crippen LogP contribution in [0.3, 0.4) is 0 Å². The van der Waals surface area contributed by atoms with Crippen LogP contribution in [0.25, 0.3) is 0 Å². The largest absolute Gasteiger partial charge is 0.493 e. The number of hydrogen-bond donors (Lipinski definition) is 1. The molecule has 0 aromatic heterocycles. The van der Waals surface area contributed by atoms with Gasteiger partial charge in [0.05, 0.1) is 13.7 Å². The Morgan fingerprint density at radius 2 is 1.95 bits per heavy atom. The predicted octanol–water partition coefficient (Wildman–Crippen LogP) is 3.88. The van der Waals surface area contributed by atoms with Gasteiger partial charge < -0.3 is 14.8 Å². The van der Waals surface area contributed by atoms with Gasteiger partial charge in [-0.25, -0.2) is 0 Å². The highest BCUT2D eigenvalue weighted by atomic mass is 35.5. The van der Waals surface area contributed by atoms with Crippen molar-refractivity contribution >= 4 is 11.6 Å². The smallest absolute Gasteiger partial charge is 0.165 e. The van der Waals surface area contributed by atoms with E-state index in [9.17, 15) is 0 Å². The van der Waals surface area contributed by atoms with Crippen LogP contribution in [0.2, 0.25) is 5.02 Å². The maximum absolute atomic E-state index is 6.09. The fraction of sp³-hybridized carbons (Fsp3) is 0.600. The van der Waals surface area contributed by atoms with Gasteiger partial charge in [0.2, 0.25) is 0 Å². The third kappa shape index (κ3) is 4.59. The molecule has 0 heterocycles. The fourth-order valence-corrected chi connectivity index (χ4v) is 2.22. The molecular weight excluding hydrogens is 262 g/mol. The van der Waals surface area contributed by atoms with E-state index in [-0.39, 0.29) is 0 Å². The van der Waals surface area contributed by atoms with E-state index in [0.29, 0.717) is 29.8 Å². The monoisotopic (exact) mass is 285 g/mol. The Morgan fingerprint density at radius 3 is 2.47 bits per heavy atom. The molecule has 1 aromatic carbocycles. The van der Waals surface area contributed by atoms with E-state index >= 15 is 0 Å². The quantitative estimate of drug-likeness (QED) is 0.786. The molecule has 0 fully saturated rings. The Balaban J connectivity index is 2.95. The molecule has 0 radical (unpaired) electrons. The van der Waals surface area contributed by atoms with Crippen molar-refractivity contribution < 1.29 is 9.47 Å². The molecule has 0 aliphatic rings. The second kappa shape index (κ2) is 8.28. The molecule has 4 heteroatoms. The first-order valence-electron chi connectivity index (χ1n) is 6.79. The van der Waals surface area contributed by atoms with Crippen LogP contribution in [0.4, 0.5) is 0 Å². The van der Waals surface area contributed by atoms with Crippen LogP contribution in [0.15, 0.2) is 12.1 Å². The van der Waals surface area contributed by atoms with Crippen LogP contribution in [0.5, 0.6) is 11.5 Å². The summed E-state index contributed by atoms with van der Waals surface area (Å²) in [7, 11) is 3.54. The molecule has 0 saturated carbocycles. The van der Waals surface area contributed by atoms with Crippen molar-refractivity contribution in [1.29, 1.82) is 0 Å². The number of nitrogens with one attached hydrogen (secondary N) is 1. The second-order valence-corrected chi connectivity index (χ2v) is 5.06. The maximum atomic E-state index is 6.09. The zero-order valence-electron chi connectivity index (χ0n) is 12.3. The molecule has 1 aromatic rings. The van der Waals surface area contributed by atoms with E-state index in [1.807, 2.05) is 13.1 Å². The maximum Gasteiger partial charge on any atom is 0.165 e. The van der Waals surface area contributed by atoms with Crippen molar-refractivity contribution in [3.8, 4) is 11.5 Å². The number of ether oxygens (including phenoxy) is 2. The summed E-state index contributed by atoms with van der Waals surface area (Å²) in [4.78, 5) is 0. The standard InChI is InChI=1S/C15H24ClNO2/c1-5-11(6-2)10-19-15-12(9-17-3)7-13(16)8-14(15)18-4/h7-8,11,17H,5-6,9-10H2,1-4H3. The molecule has 108 valence electrons. The summed E-state index contributed by atoms with van der Waals surface area (Å²) in [5, 5.41) is 3.79. The Labute approximate surface area is 121 Å². The van der Waals surface area contributed by atoms with Crippen LogP contribution in [0, 0.1) is 5.92 Å². The average molecular weight is 286 g/mol. The minimum Gasteiger partial charge on any atom is -0.493 e. The summed E-state index contributed by atoms with van der Waals surface area (Å²) < 4.78 is 11.4. The molecule has 1 N–H and O–H groups in total. The van der Waals surface area contributed by atoms with Crippen molar-refractivity contribution in [2.24, 2.45) is 5.92 Å². The van der Waals surface area contributed by atoms with Gasteiger partial charge in [-0.2, -0.15) is 0 Å². The summed E-state index contributed by atoms with van der Waals surface area (Å²) in [6, 6.07) is 3.71. The van der Waals surface area contributed by atoms with Crippen molar-refractivity contribution in [3.63, 3.8) is 0 Å². The van der Waals surface area contributed by atoms with Gasteiger partial charge in [0.25, 0.3) is 0 Å². The minimum atomic E-state index is 0.572. The molecule has 3 nitrogen and oxygen atoms in total. The molecule has 0 amide bonds. The molecule has 0 bridgehead atoms. The van der Waals surface area contributed by atoms with Crippen molar-refractivity contribution in [2.45, 2.75) is 33.2 Å². The lowest BCUT2D eigenvalue weighted by Gasteiger charge is -2.19. The summed E-state index contributed by atoms with van der Waals surface area (Å²) in [6.45, 7) is 5.78. The molecule has 1 rings (SSSR count). The second-order valence-electron chi connectivity index (χ2n) is 4.62. The third-order valence-corrected chi connectivity index (χ3v) is 3.52. The van der Waals surface area contributed by atoms with Crippen LogP contribution in [0.1, 0.15) is 32.3 Å². The van der Waals surface area contributed by atoms with Gasteiger partial charge >= 0.3 is 0 Å². The van der Waals surface area contributed by atoms with Gasteiger partial charge in [0.1, 0.15) is 0 Å². The SMILES string of the molecule is CCC(CC)COc1c(CNC)cc(Cl)cc1OC. The molecule has 0 saturated heterocycles. The molecular formula is C15H24ClNO2. The Hall–Kier alpha value is -0.930. The summed E-state index contributed by atoms with van der Waals surface area (Å²) in [5.74, 6) is 2.07. The van der Waals surface area contributed by atoms with Gasteiger partial charge in [-0.1, -0.05) is 38.3 Å². The molecule has 0 atom stereocenters. The van der Waals surface area contributed by atoms with Gasteiger partial charge in [0.15, 0.2) is 11.5 Å². The van der Waals surface area contributed by atoms with Crippen LogP contribution in [-0.2, 0) is 6.54 Å².